The molecule has 0 saturated carbocycles. The summed E-state index contributed by atoms with van der Waals surface area (Å²) in [5.74, 6) is 1.53. The molecule has 0 N–H and O–H groups in total. The van der Waals surface area contributed by atoms with E-state index in [1.165, 1.54) is 6.26 Å². The van der Waals surface area contributed by atoms with Gasteiger partial charge in [-0.2, -0.15) is 0 Å². The monoisotopic (exact) mass is 416 g/mol. The Morgan fingerprint density at radius 3 is 2.35 bits per heavy atom. The van der Waals surface area contributed by atoms with Gasteiger partial charge in [-0.1, -0.05) is 18.2 Å². The number of ether oxygens (including phenoxy) is 3. The third-order valence-electron chi connectivity index (χ3n) is 4.93. The third-order valence-corrected chi connectivity index (χ3v) is 4.93. The Kier molecular flexibility index (Phi) is 5.71. The van der Waals surface area contributed by atoms with E-state index in [4.69, 9.17) is 18.6 Å². The molecule has 0 bridgehead atoms. The summed E-state index contributed by atoms with van der Waals surface area (Å²) >= 11 is 0. The highest BCUT2D eigenvalue weighted by Gasteiger charge is 2.14. The van der Waals surface area contributed by atoms with Crippen LogP contribution in [0.4, 0.5) is 0 Å². The van der Waals surface area contributed by atoms with Gasteiger partial charge in [-0.05, 0) is 42.5 Å². The minimum Gasteiger partial charge on any atom is -0.497 e. The van der Waals surface area contributed by atoms with E-state index in [1.54, 1.807) is 68.8 Å². The number of hydrogen-bond acceptors (Lipinski definition) is 6. The van der Waals surface area contributed by atoms with Crippen LogP contribution in [0.1, 0.15) is 10.4 Å². The van der Waals surface area contributed by atoms with Gasteiger partial charge in [0.1, 0.15) is 29.1 Å². The molecule has 156 valence electrons. The standard InChI is InChI=1S/C25H20O6/c1-28-17-9-7-16(8-10-17)22(26)15-30-18-11-12-20-24(13-18)31-14-21(25(20)27)19-5-3-4-6-23(19)29-2/h3-14H,15H2,1-2H3. The number of hydrogen-bond donors (Lipinski definition) is 0. The molecule has 0 aliphatic carbocycles. The van der Waals surface area contributed by atoms with Gasteiger partial charge in [0.2, 0.25) is 5.43 Å². The van der Waals surface area contributed by atoms with Crippen LogP contribution >= 0.6 is 0 Å². The zero-order valence-electron chi connectivity index (χ0n) is 17.1. The highest BCUT2D eigenvalue weighted by molar-refractivity contribution is 5.97. The van der Waals surface area contributed by atoms with Gasteiger partial charge in [0, 0.05) is 17.2 Å². The smallest absolute Gasteiger partial charge is 0.200 e. The van der Waals surface area contributed by atoms with Crippen molar-refractivity contribution in [3.63, 3.8) is 0 Å². The highest BCUT2D eigenvalue weighted by Crippen LogP contribution is 2.29. The van der Waals surface area contributed by atoms with Crippen LogP contribution in [0.25, 0.3) is 22.1 Å². The number of methoxy groups -OCH3 is 2. The second-order valence-electron chi connectivity index (χ2n) is 6.78. The normalized spacial score (nSPS) is 10.6. The predicted molar refractivity (Wildman–Crippen MR) is 117 cm³/mol. The molecule has 3 aromatic carbocycles. The van der Waals surface area contributed by atoms with Crippen molar-refractivity contribution in [3.8, 4) is 28.4 Å². The largest absolute Gasteiger partial charge is 0.497 e. The molecule has 1 aromatic heterocycles. The average Bonchev–Trinajstić information content (AvgIpc) is 2.82. The minimum atomic E-state index is -0.174. The summed E-state index contributed by atoms with van der Waals surface area (Å²) in [5.41, 5.74) is 1.79. The zero-order chi connectivity index (χ0) is 21.8. The van der Waals surface area contributed by atoms with E-state index in [-0.39, 0.29) is 17.8 Å². The molecule has 0 radical (unpaired) electrons. The number of para-hydroxylation sites is 1. The van der Waals surface area contributed by atoms with E-state index in [2.05, 4.69) is 0 Å². The molecular weight excluding hydrogens is 396 g/mol. The number of Topliss-reactive ketones (excluding diaryl/α,β-unsaturated/α-hetero) is 1. The van der Waals surface area contributed by atoms with Gasteiger partial charge < -0.3 is 18.6 Å². The molecule has 0 amide bonds. The molecule has 0 atom stereocenters. The number of fused-ring (bicyclic) bond motifs is 1. The summed E-state index contributed by atoms with van der Waals surface area (Å²) in [7, 11) is 3.12. The lowest BCUT2D eigenvalue weighted by atomic mass is 10.0. The van der Waals surface area contributed by atoms with E-state index in [0.717, 1.165) is 0 Å². The minimum absolute atomic E-state index is 0.138. The van der Waals surface area contributed by atoms with Gasteiger partial charge in [-0.3, -0.25) is 9.59 Å². The summed E-state index contributed by atoms with van der Waals surface area (Å²) in [5, 5.41) is 0.414. The van der Waals surface area contributed by atoms with Gasteiger partial charge in [0.25, 0.3) is 0 Å². The van der Waals surface area contributed by atoms with Gasteiger partial charge in [-0.25, -0.2) is 0 Å². The van der Waals surface area contributed by atoms with E-state index >= 15 is 0 Å². The summed E-state index contributed by atoms with van der Waals surface area (Å²) in [6.45, 7) is -0.138. The van der Waals surface area contributed by atoms with Gasteiger partial charge in [0.15, 0.2) is 12.4 Å². The number of rotatable bonds is 7. The topological polar surface area (TPSA) is 75.0 Å². The van der Waals surface area contributed by atoms with E-state index in [0.29, 0.717) is 44.9 Å². The predicted octanol–water partition coefficient (Wildman–Crippen LogP) is 4.74. The van der Waals surface area contributed by atoms with Crippen LogP contribution < -0.4 is 19.6 Å². The lowest BCUT2D eigenvalue weighted by Crippen LogP contribution is -2.11. The van der Waals surface area contributed by atoms with Crippen LogP contribution in [0, 0.1) is 0 Å². The molecule has 0 saturated heterocycles. The maximum absolute atomic E-state index is 13.0. The van der Waals surface area contributed by atoms with Crippen LogP contribution in [0.15, 0.2) is 82.2 Å². The molecule has 0 fully saturated rings. The van der Waals surface area contributed by atoms with Crippen molar-refractivity contribution in [2.75, 3.05) is 20.8 Å². The SMILES string of the molecule is COc1ccc(C(=O)COc2ccc3c(=O)c(-c4ccccc4OC)coc3c2)cc1. The highest BCUT2D eigenvalue weighted by atomic mass is 16.5. The van der Waals surface area contributed by atoms with Crippen molar-refractivity contribution < 1.29 is 23.4 Å². The summed E-state index contributed by atoms with van der Waals surface area (Å²) in [6.07, 6.45) is 1.41. The van der Waals surface area contributed by atoms with Crippen molar-refractivity contribution in [2.24, 2.45) is 0 Å². The van der Waals surface area contributed by atoms with Crippen LogP contribution in [0.3, 0.4) is 0 Å². The molecule has 31 heavy (non-hydrogen) atoms. The maximum Gasteiger partial charge on any atom is 0.200 e. The first kappa shape index (κ1) is 20.2. The number of ketones is 1. The Morgan fingerprint density at radius 2 is 1.61 bits per heavy atom. The fourth-order valence-electron chi connectivity index (χ4n) is 3.26. The molecule has 1 heterocycles. The molecule has 0 aliphatic rings. The Hall–Kier alpha value is -4.06. The Labute approximate surface area is 178 Å². The van der Waals surface area contributed by atoms with Crippen molar-refractivity contribution in [1.82, 2.24) is 0 Å². The molecular formula is C25H20O6. The first-order valence-corrected chi connectivity index (χ1v) is 9.59. The zero-order valence-corrected chi connectivity index (χ0v) is 17.1. The van der Waals surface area contributed by atoms with Crippen LogP contribution in [0.2, 0.25) is 0 Å². The van der Waals surface area contributed by atoms with Gasteiger partial charge in [-0.15, -0.1) is 0 Å². The maximum atomic E-state index is 13.0. The molecule has 0 aliphatic heterocycles. The molecule has 4 rings (SSSR count). The van der Waals surface area contributed by atoms with Crippen molar-refractivity contribution in [2.45, 2.75) is 0 Å². The molecule has 4 aromatic rings. The van der Waals surface area contributed by atoms with Gasteiger partial charge >= 0.3 is 0 Å². The van der Waals surface area contributed by atoms with Crippen molar-refractivity contribution in [1.29, 1.82) is 0 Å². The second-order valence-corrected chi connectivity index (χ2v) is 6.78. The summed E-state index contributed by atoms with van der Waals surface area (Å²) < 4.78 is 21.8. The fourth-order valence-corrected chi connectivity index (χ4v) is 3.26. The van der Waals surface area contributed by atoms with Crippen molar-refractivity contribution >= 4 is 16.8 Å². The van der Waals surface area contributed by atoms with Crippen LogP contribution in [0.5, 0.6) is 17.2 Å². The summed E-state index contributed by atoms with van der Waals surface area (Å²) in [4.78, 5) is 25.3. The average molecular weight is 416 g/mol. The van der Waals surface area contributed by atoms with Gasteiger partial charge in [0.05, 0.1) is 25.2 Å². The van der Waals surface area contributed by atoms with E-state index in [1.807, 2.05) is 12.1 Å². The summed E-state index contributed by atoms with van der Waals surface area (Å²) in [6, 6.07) is 18.9. The molecule has 0 unspecified atom stereocenters. The number of carbonyl (C=O) groups excluding carboxylic acids is 1. The number of benzene rings is 3. The molecule has 0 spiro atoms. The lowest BCUT2D eigenvalue weighted by molar-refractivity contribution is 0.0921. The Bertz CT molecular complexity index is 1290. The molecule has 6 nitrogen and oxygen atoms in total. The van der Waals surface area contributed by atoms with E-state index < -0.39 is 0 Å². The van der Waals surface area contributed by atoms with Crippen molar-refractivity contribution in [3.05, 3.63) is 88.8 Å². The quantitative estimate of drug-likeness (QED) is 0.405. The molecule has 6 heteroatoms. The Balaban J connectivity index is 1.56. The third kappa shape index (κ3) is 4.14. The van der Waals surface area contributed by atoms with E-state index in [9.17, 15) is 9.59 Å². The van der Waals surface area contributed by atoms with Crippen LogP contribution in [-0.4, -0.2) is 26.6 Å². The first-order chi connectivity index (χ1) is 15.1. The first-order valence-electron chi connectivity index (χ1n) is 9.59. The Morgan fingerprint density at radius 1 is 0.871 bits per heavy atom. The second kappa shape index (κ2) is 8.75. The lowest BCUT2D eigenvalue weighted by Gasteiger charge is -2.09. The van der Waals surface area contributed by atoms with Crippen LogP contribution in [-0.2, 0) is 0 Å². The number of carbonyl (C=O) groups is 1. The fraction of sp³-hybridized carbons (Fsp3) is 0.120.